The Morgan fingerprint density at radius 2 is 1.90 bits per heavy atom. The molecule has 0 spiro atoms. The van der Waals surface area contributed by atoms with Gasteiger partial charge in [0.05, 0.1) is 10.7 Å². The second-order valence-electron chi connectivity index (χ2n) is 6.97. The Hall–Kier alpha value is -2.90. The summed E-state index contributed by atoms with van der Waals surface area (Å²) in [6.45, 7) is 0. The number of nitrogens with zero attached hydrogens (tertiary/aromatic N) is 2. The number of H-pyrrole nitrogens is 1. The normalized spacial score (nSPS) is 14.3. The van der Waals surface area contributed by atoms with Gasteiger partial charge in [-0.15, -0.1) is 0 Å². The van der Waals surface area contributed by atoms with Gasteiger partial charge >= 0.3 is 0 Å². The number of nitrogens with one attached hydrogen (secondary N) is 3. The van der Waals surface area contributed by atoms with Crippen LogP contribution in [-0.2, 0) is 0 Å². The van der Waals surface area contributed by atoms with Crippen LogP contribution in [0.5, 0.6) is 0 Å². The van der Waals surface area contributed by atoms with Crippen molar-refractivity contribution in [1.29, 1.82) is 0 Å². The van der Waals surface area contributed by atoms with Gasteiger partial charge in [-0.2, -0.15) is 10.1 Å². The Morgan fingerprint density at radius 1 is 1.13 bits per heavy atom. The quantitative estimate of drug-likeness (QED) is 0.377. The van der Waals surface area contributed by atoms with E-state index in [0.717, 1.165) is 30.9 Å². The molecule has 154 valence electrons. The van der Waals surface area contributed by atoms with Crippen LogP contribution in [0.4, 0.5) is 10.2 Å². The molecule has 0 saturated heterocycles. The van der Waals surface area contributed by atoms with Crippen LogP contribution in [0.25, 0.3) is 11.3 Å². The third-order valence-electron chi connectivity index (χ3n) is 4.80. The summed E-state index contributed by atoms with van der Waals surface area (Å²) >= 11 is 11.6. The summed E-state index contributed by atoms with van der Waals surface area (Å²) in [5.74, 6) is -0.426. The maximum atomic E-state index is 13.7. The van der Waals surface area contributed by atoms with Crippen molar-refractivity contribution in [1.82, 2.24) is 15.5 Å². The highest BCUT2D eigenvalue weighted by Crippen LogP contribution is 2.23. The molecular weight excluding hydrogens is 428 g/mol. The van der Waals surface area contributed by atoms with E-state index in [-0.39, 0.29) is 22.6 Å². The molecule has 3 N–H and O–H groups in total. The predicted molar refractivity (Wildman–Crippen MR) is 117 cm³/mol. The Kier molecular flexibility index (Phi) is 6.01. The number of aliphatic imine (C=N–C) groups is 1. The largest absolute Gasteiger partial charge is 0.353 e. The molecule has 1 saturated carbocycles. The van der Waals surface area contributed by atoms with E-state index >= 15 is 0 Å². The number of guanidine groups is 1. The average molecular weight is 446 g/mol. The first-order chi connectivity index (χ1) is 14.5. The van der Waals surface area contributed by atoms with Gasteiger partial charge in [-0.05, 0) is 49.6 Å². The SMILES string of the molecule is O=C(/N=C(\Nc1cc(-c2ccc(Cl)cc2)n[nH]1)NC1CCC1)c1ccc(Cl)c(F)c1. The second-order valence-corrected chi connectivity index (χ2v) is 7.81. The molecule has 6 nitrogen and oxygen atoms in total. The van der Waals surface area contributed by atoms with Gasteiger partial charge < -0.3 is 10.6 Å². The standard InChI is InChI=1S/C21H18Cl2FN5O/c22-14-7-4-12(5-8-14)18-11-19(29-28-18)26-21(25-15-2-1-3-15)27-20(30)13-6-9-16(23)17(24)10-13/h4-11,15H,1-3H2,(H3,25,26,27,28,29,30). The molecule has 4 rings (SSSR count). The molecule has 0 unspecified atom stereocenters. The summed E-state index contributed by atoms with van der Waals surface area (Å²) in [4.78, 5) is 16.6. The summed E-state index contributed by atoms with van der Waals surface area (Å²) in [6.07, 6.45) is 3.10. The van der Waals surface area contributed by atoms with Crippen LogP contribution in [0.2, 0.25) is 10.0 Å². The molecule has 1 heterocycles. The number of hydrogen-bond donors (Lipinski definition) is 3. The van der Waals surface area contributed by atoms with Crippen LogP contribution in [0.3, 0.4) is 0 Å². The van der Waals surface area contributed by atoms with Crippen molar-refractivity contribution in [2.75, 3.05) is 5.32 Å². The number of carbonyl (C=O) groups is 1. The smallest absolute Gasteiger partial charge is 0.280 e. The van der Waals surface area contributed by atoms with Gasteiger partial charge in [0.2, 0.25) is 5.96 Å². The summed E-state index contributed by atoms with van der Waals surface area (Å²) in [5.41, 5.74) is 1.71. The molecule has 0 aliphatic heterocycles. The fourth-order valence-corrected chi connectivity index (χ4v) is 3.16. The second kappa shape index (κ2) is 8.85. The number of aromatic amines is 1. The highest BCUT2D eigenvalue weighted by atomic mass is 35.5. The van der Waals surface area contributed by atoms with Crippen LogP contribution in [0.15, 0.2) is 53.5 Å². The fraction of sp³-hybridized carbons (Fsp3) is 0.190. The number of hydrogen-bond acceptors (Lipinski definition) is 2. The van der Waals surface area contributed by atoms with Gasteiger partial charge in [-0.3, -0.25) is 9.89 Å². The number of amides is 1. The van der Waals surface area contributed by atoms with Crippen LogP contribution in [0, 0.1) is 5.82 Å². The van der Waals surface area contributed by atoms with E-state index in [9.17, 15) is 9.18 Å². The molecule has 0 bridgehead atoms. The molecule has 9 heteroatoms. The molecule has 1 aliphatic rings. The highest BCUT2D eigenvalue weighted by molar-refractivity contribution is 6.31. The summed E-state index contributed by atoms with van der Waals surface area (Å²) in [7, 11) is 0. The molecule has 0 radical (unpaired) electrons. The lowest BCUT2D eigenvalue weighted by atomic mass is 9.93. The van der Waals surface area contributed by atoms with Crippen LogP contribution < -0.4 is 10.6 Å². The zero-order valence-corrected chi connectivity index (χ0v) is 17.3. The van der Waals surface area contributed by atoms with E-state index in [4.69, 9.17) is 23.2 Å². The van der Waals surface area contributed by atoms with E-state index in [0.29, 0.717) is 16.5 Å². The highest BCUT2D eigenvalue weighted by Gasteiger charge is 2.20. The molecule has 2 aromatic carbocycles. The molecule has 1 aromatic heterocycles. The fourth-order valence-electron chi connectivity index (χ4n) is 2.92. The van der Waals surface area contributed by atoms with Gasteiger partial charge in [0, 0.05) is 28.3 Å². The zero-order valence-electron chi connectivity index (χ0n) is 15.8. The Bertz CT molecular complexity index is 1090. The third kappa shape index (κ3) is 4.80. The van der Waals surface area contributed by atoms with E-state index < -0.39 is 11.7 Å². The molecule has 1 fully saturated rings. The predicted octanol–water partition coefficient (Wildman–Crippen LogP) is 5.27. The summed E-state index contributed by atoms with van der Waals surface area (Å²) in [5, 5.41) is 14.0. The first-order valence-electron chi connectivity index (χ1n) is 9.41. The van der Waals surface area contributed by atoms with E-state index in [2.05, 4.69) is 25.8 Å². The lowest BCUT2D eigenvalue weighted by Crippen LogP contribution is -2.43. The van der Waals surface area contributed by atoms with Crippen LogP contribution in [-0.4, -0.2) is 28.1 Å². The third-order valence-corrected chi connectivity index (χ3v) is 5.36. The van der Waals surface area contributed by atoms with Crippen molar-refractivity contribution in [3.63, 3.8) is 0 Å². The van der Waals surface area contributed by atoms with Crippen molar-refractivity contribution < 1.29 is 9.18 Å². The van der Waals surface area contributed by atoms with Crippen LogP contribution >= 0.6 is 23.2 Å². The lowest BCUT2D eigenvalue weighted by molar-refractivity contribution is 0.100. The van der Waals surface area contributed by atoms with Gasteiger partial charge in [0.25, 0.3) is 5.91 Å². The molecule has 3 aromatic rings. The summed E-state index contributed by atoms with van der Waals surface area (Å²) < 4.78 is 13.7. The zero-order chi connectivity index (χ0) is 21.1. The molecule has 0 atom stereocenters. The maximum Gasteiger partial charge on any atom is 0.280 e. The van der Waals surface area contributed by atoms with Gasteiger partial charge in [0.15, 0.2) is 0 Å². The van der Waals surface area contributed by atoms with Crippen molar-refractivity contribution in [2.24, 2.45) is 4.99 Å². The minimum Gasteiger partial charge on any atom is -0.353 e. The first kappa shape index (κ1) is 20.4. The topological polar surface area (TPSA) is 82.2 Å². The van der Waals surface area contributed by atoms with Crippen molar-refractivity contribution in [3.8, 4) is 11.3 Å². The number of aromatic nitrogens is 2. The van der Waals surface area contributed by atoms with Gasteiger partial charge in [-0.25, -0.2) is 4.39 Å². The minimum absolute atomic E-state index is 0.0475. The summed E-state index contributed by atoms with van der Waals surface area (Å²) in [6, 6.07) is 13.2. The molecule has 1 amide bonds. The lowest BCUT2D eigenvalue weighted by Gasteiger charge is -2.28. The Morgan fingerprint density at radius 3 is 2.57 bits per heavy atom. The Labute approximate surface area is 182 Å². The number of benzene rings is 2. The monoisotopic (exact) mass is 445 g/mol. The van der Waals surface area contributed by atoms with E-state index in [1.165, 1.54) is 12.1 Å². The maximum absolute atomic E-state index is 13.7. The van der Waals surface area contributed by atoms with Crippen LogP contribution in [0.1, 0.15) is 29.6 Å². The number of anilines is 1. The molecule has 30 heavy (non-hydrogen) atoms. The number of rotatable bonds is 4. The van der Waals surface area contributed by atoms with E-state index in [1.54, 1.807) is 18.2 Å². The number of halogens is 3. The van der Waals surface area contributed by atoms with Crippen molar-refractivity contribution in [3.05, 3.63) is 70.0 Å². The van der Waals surface area contributed by atoms with E-state index in [1.807, 2.05) is 12.1 Å². The van der Waals surface area contributed by atoms with Crippen molar-refractivity contribution >= 4 is 40.9 Å². The number of carbonyl (C=O) groups excluding carboxylic acids is 1. The minimum atomic E-state index is -0.666. The van der Waals surface area contributed by atoms with Gasteiger partial charge in [-0.1, -0.05) is 35.3 Å². The van der Waals surface area contributed by atoms with Gasteiger partial charge in [0.1, 0.15) is 11.6 Å². The average Bonchev–Trinajstić information content (AvgIpc) is 3.15. The molecular formula is C21H18Cl2FN5O. The van der Waals surface area contributed by atoms with Crippen molar-refractivity contribution in [2.45, 2.75) is 25.3 Å². The Balaban J connectivity index is 1.55. The first-order valence-corrected chi connectivity index (χ1v) is 10.2. The molecule has 1 aliphatic carbocycles.